The number of ether oxygens (including phenoxy) is 1. The lowest BCUT2D eigenvalue weighted by Crippen LogP contribution is -2.39. The number of nitrogens with one attached hydrogen (secondary N) is 2. The highest BCUT2D eigenvalue weighted by Gasteiger charge is 2.02. The first-order chi connectivity index (χ1) is 13.2. The van der Waals surface area contributed by atoms with Crippen molar-refractivity contribution in [3.63, 3.8) is 0 Å². The minimum atomic E-state index is 0. The number of halogens is 1. The van der Waals surface area contributed by atoms with Gasteiger partial charge < -0.3 is 15.4 Å². The summed E-state index contributed by atoms with van der Waals surface area (Å²) in [7, 11) is 0. The maximum Gasteiger partial charge on any atom is 0.191 e. The predicted octanol–water partition coefficient (Wildman–Crippen LogP) is 3.67. The molecule has 0 atom stereocenters. The maximum atomic E-state index is 5.64. The van der Waals surface area contributed by atoms with Crippen molar-refractivity contribution in [2.75, 3.05) is 26.3 Å². The van der Waals surface area contributed by atoms with Crippen molar-refractivity contribution in [3.8, 4) is 0 Å². The van der Waals surface area contributed by atoms with Gasteiger partial charge in [0.1, 0.15) is 0 Å². The minimum absolute atomic E-state index is 0. The Bertz CT molecular complexity index is 672. The van der Waals surface area contributed by atoms with Crippen LogP contribution in [0.3, 0.4) is 0 Å². The molecule has 7 heteroatoms. The molecule has 0 bridgehead atoms. The molecule has 0 amide bonds. The van der Waals surface area contributed by atoms with Gasteiger partial charge in [0, 0.05) is 31.5 Å². The first-order valence-corrected chi connectivity index (χ1v) is 9.82. The molecule has 6 nitrogen and oxygen atoms in total. The molecule has 2 rings (SSSR count). The van der Waals surface area contributed by atoms with Crippen LogP contribution in [0.4, 0.5) is 0 Å². The van der Waals surface area contributed by atoms with E-state index in [4.69, 9.17) is 4.74 Å². The molecule has 0 spiro atoms. The van der Waals surface area contributed by atoms with E-state index in [0.717, 1.165) is 44.2 Å². The van der Waals surface area contributed by atoms with E-state index in [1.807, 2.05) is 29.1 Å². The zero-order valence-electron chi connectivity index (χ0n) is 17.2. The van der Waals surface area contributed by atoms with Crippen LogP contribution < -0.4 is 10.6 Å². The van der Waals surface area contributed by atoms with Crippen LogP contribution in [0.5, 0.6) is 0 Å². The van der Waals surface area contributed by atoms with E-state index in [1.165, 1.54) is 5.56 Å². The highest BCUT2D eigenvalue weighted by molar-refractivity contribution is 14.0. The number of benzene rings is 1. The van der Waals surface area contributed by atoms with Crippen molar-refractivity contribution in [3.05, 3.63) is 53.9 Å². The Balaban J connectivity index is 0.00000392. The van der Waals surface area contributed by atoms with Gasteiger partial charge in [-0.1, -0.05) is 44.2 Å². The molecule has 0 aliphatic rings. The molecule has 0 aliphatic heterocycles. The van der Waals surface area contributed by atoms with E-state index in [1.54, 1.807) is 0 Å². The summed E-state index contributed by atoms with van der Waals surface area (Å²) >= 11 is 0. The van der Waals surface area contributed by atoms with E-state index in [2.05, 4.69) is 59.8 Å². The molecule has 0 radical (unpaired) electrons. The zero-order chi connectivity index (χ0) is 19.3. The molecule has 1 heterocycles. The Morgan fingerprint density at radius 1 is 1.14 bits per heavy atom. The number of rotatable bonds is 11. The SMILES string of the molecule is CCNC(=NCc1cnn(Cc2ccccc2)c1)NCCOCCC(C)C.I. The number of nitrogens with zero attached hydrogens (tertiary/aromatic N) is 3. The van der Waals surface area contributed by atoms with Gasteiger partial charge in [0.05, 0.1) is 25.9 Å². The lowest BCUT2D eigenvalue weighted by Gasteiger charge is -2.11. The van der Waals surface area contributed by atoms with Gasteiger partial charge in [0.25, 0.3) is 0 Å². The van der Waals surface area contributed by atoms with Gasteiger partial charge >= 0.3 is 0 Å². The van der Waals surface area contributed by atoms with Crippen LogP contribution in [0, 0.1) is 5.92 Å². The molecule has 2 aromatic rings. The third kappa shape index (κ3) is 10.1. The summed E-state index contributed by atoms with van der Waals surface area (Å²) < 4.78 is 7.58. The van der Waals surface area contributed by atoms with Gasteiger partial charge in [0.15, 0.2) is 5.96 Å². The van der Waals surface area contributed by atoms with Gasteiger partial charge in [-0.2, -0.15) is 5.10 Å². The Labute approximate surface area is 186 Å². The molecule has 0 aliphatic carbocycles. The second-order valence-electron chi connectivity index (χ2n) is 6.95. The van der Waals surface area contributed by atoms with E-state index in [-0.39, 0.29) is 24.0 Å². The average Bonchev–Trinajstić information content (AvgIpc) is 3.10. The second-order valence-corrected chi connectivity index (χ2v) is 6.95. The fourth-order valence-corrected chi connectivity index (χ4v) is 2.52. The predicted molar refractivity (Wildman–Crippen MR) is 126 cm³/mol. The summed E-state index contributed by atoms with van der Waals surface area (Å²) in [5, 5.41) is 11.0. The van der Waals surface area contributed by atoms with Gasteiger partial charge in [-0.3, -0.25) is 4.68 Å². The van der Waals surface area contributed by atoms with Crippen LogP contribution in [0.15, 0.2) is 47.7 Å². The van der Waals surface area contributed by atoms with Crippen LogP contribution >= 0.6 is 24.0 Å². The molecule has 0 unspecified atom stereocenters. The van der Waals surface area contributed by atoms with E-state index >= 15 is 0 Å². The Morgan fingerprint density at radius 3 is 2.64 bits per heavy atom. The van der Waals surface area contributed by atoms with Crippen molar-refractivity contribution >= 4 is 29.9 Å². The number of hydrogen-bond donors (Lipinski definition) is 2. The summed E-state index contributed by atoms with van der Waals surface area (Å²) in [5.74, 6) is 1.49. The van der Waals surface area contributed by atoms with Gasteiger partial charge in [-0.05, 0) is 24.8 Å². The summed E-state index contributed by atoms with van der Waals surface area (Å²) in [6.07, 6.45) is 5.03. The van der Waals surface area contributed by atoms with Crippen LogP contribution in [-0.4, -0.2) is 42.0 Å². The molecule has 0 saturated carbocycles. The zero-order valence-corrected chi connectivity index (χ0v) is 19.6. The summed E-state index contributed by atoms with van der Waals surface area (Å²) in [6, 6.07) is 10.3. The standard InChI is InChI=1S/C21H33N5O.HI/c1-4-22-21(23-11-13-27-12-10-18(2)3)24-14-20-15-25-26(17-20)16-19-8-6-5-7-9-19;/h5-9,15,17-18H,4,10-14,16H2,1-3H3,(H2,22,23,24);1H. The molecule has 0 fully saturated rings. The Hall–Kier alpha value is -1.61. The fourth-order valence-electron chi connectivity index (χ4n) is 2.52. The van der Waals surface area contributed by atoms with E-state index in [0.29, 0.717) is 19.1 Å². The highest BCUT2D eigenvalue weighted by atomic mass is 127. The Morgan fingerprint density at radius 2 is 1.93 bits per heavy atom. The van der Waals surface area contributed by atoms with Crippen molar-refractivity contribution < 1.29 is 4.74 Å². The quantitative estimate of drug-likeness (QED) is 0.214. The highest BCUT2D eigenvalue weighted by Crippen LogP contribution is 2.05. The summed E-state index contributed by atoms with van der Waals surface area (Å²) in [4.78, 5) is 4.64. The lowest BCUT2D eigenvalue weighted by atomic mass is 10.1. The monoisotopic (exact) mass is 499 g/mol. The second kappa shape index (κ2) is 14.4. The van der Waals surface area contributed by atoms with Crippen molar-refractivity contribution in [1.29, 1.82) is 0 Å². The first kappa shape index (κ1) is 24.4. The topological polar surface area (TPSA) is 63.5 Å². The van der Waals surface area contributed by atoms with Gasteiger partial charge in [-0.15, -0.1) is 24.0 Å². The number of guanidine groups is 1. The molecular weight excluding hydrogens is 465 g/mol. The van der Waals surface area contributed by atoms with Crippen LogP contribution in [0.1, 0.15) is 38.3 Å². The van der Waals surface area contributed by atoms with Gasteiger partial charge in [-0.25, -0.2) is 4.99 Å². The maximum absolute atomic E-state index is 5.64. The first-order valence-electron chi connectivity index (χ1n) is 9.82. The van der Waals surface area contributed by atoms with Crippen molar-refractivity contribution in [2.45, 2.75) is 40.3 Å². The number of hydrogen-bond acceptors (Lipinski definition) is 3. The molecule has 156 valence electrons. The summed E-state index contributed by atoms with van der Waals surface area (Å²) in [6.45, 7) is 10.9. The molecule has 1 aromatic heterocycles. The van der Waals surface area contributed by atoms with E-state index < -0.39 is 0 Å². The van der Waals surface area contributed by atoms with Crippen LogP contribution in [-0.2, 0) is 17.8 Å². The molecular formula is C21H34IN5O. The van der Waals surface area contributed by atoms with Gasteiger partial charge in [0.2, 0.25) is 0 Å². The summed E-state index contributed by atoms with van der Waals surface area (Å²) in [5.41, 5.74) is 2.33. The number of aliphatic imine (C=N–C) groups is 1. The van der Waals surface area contributed by atoms with Crippen LogP contribution in [0.2, 0.25) is 0 Å². The Kier molecular flexibility index (Phi) is 12.6. The van der Waals surface area contributed by atoms with Crippen LogP contribution in [0.25, 0.3) is 0 Å². The average molecular weight is 499 g/mol. The van der Waals surface area contributed by atoms with Crippen molar-refractivity contribution in [1.82, 2.24) is 20.4 Å². The van der Waals surface area contributed by atoms with E-state index in [9.17, 15) is 0 Å². The molecule has 0 saturated heterocycles. The minimum Gasteiger partial charge on any atom is -0.380 e. The molecule has 28 heavy (non-hydrogen) atoms. The third-order valence-corrected chi connectivity index (χ3v) is 4.02. The molecule has 2 N–H and O–H groups in total. The van der Waals surface area contributed by atoms with Crippen molar-refractivity contribution in [2.24, 2.45) is 10.9 Å². The fraction of sp³-hybridized carbons (Fsp3) is 0.524. The normalized spacial score (nSPS) is 11.4. The number of aromatic nitrogens is 2. The smallest absolute Gasteiger partial charge is 0.191 e. The third-order valence-electron chi connectivity index (χ3n) is 4.02. The largest absolute Gasteiger partial charge is 0.380 e. The molecule has 1 aromatic carbocycles. The lowest BCUT2D eigenvalue weighted by molar-refractivity contribution is 0.128.